The van der Waals surface area contributed by atoms with Gasteiger partial charge in [0.15, 0.2) is 0 Å². The molecule has 0 spiro atoms. The molecule has 15 heavy (non-hydrogen) atoms. The Bertz CT molecular complexity index is 298. The topological polar surface area (TPSA) is 9.23 Å². The summed E-state index contributed by atoms with van der Waals surface area (Å²) in [6.45, 7) is 2.64. The summed E-state index contributed by atoms with van der Waals surface area (Å²) < 4.78 is 7.78. The molecule has 0 aliphatic rings. The molecule has 0 radical (unpaired) electrons. The van der Waals surface area contributed by atoms with Crippen LogP contribution in [0.25, 0.3) is 0 Å². The number of alkyl halides is 2. The van der Waals surface area contributed by atoms with Crippen molar-refractivity contribution < 1.29 is 4.74 Å². The monoisotopic (exact) mass is 402 g/mol. The maximum Gasteiger partial charge on any atom is 0.0882 e. The first-order chi connectivity index (χ1) is 7.09. The van der Waals surface area contributed by atoms with Gasteiger partial charge in [-0.2, -0.15) is 0 Å². The molecule has 0 saturated heterocycles. The van der Waals surface area contributed by atoms with Crippen molar-refractivity contribution in [3.8, 4) is 0 Å². The van der Waals surface area contributed by atoms with E-state index >= 15 is 0 Å². The molecule has 4 heteroatoms. The van der Waals surface area contributed by atoms with Crippen molar-refractivity contribution in [3.63, 3.8) is 0 Å². The minimum atomic E-state index is -0.227. The summed E-state index contributed by atoms with van der Waals surface area (Å²) >= 11 is 11.6. The van der Waals surface area contributed by atoms with Gasteiger partial charge in [-0.25, -0.2) is 0 Å². The second kappa shape index (κ2) is 6.42. The predicted octanol–water partition coefficient (Wildman–Crippen LogP) is 4.40. The van der Waals surface area contributed by atoms with Crippen molar-refractivity contribution in [2.75, 3.05) is 10.3 Å². The molecule has 0 aliphatic carbocycles. The van der Waals surface area contributed by atoms with Crippen LogP contribution in [0.15, 0.2) is 28.7 Å². The van der Waals surface area contributed by atoms with E-state index in [1.165, 1.54) is 5.56 Å². The minimum absolute atomic E-state index is 0.227. The van der Waals surface area contributed by atoms with E-state index in [0.29, 0.717) is 12.5 Å². The van der Waals surface area contributed by atoms with Crippen LogP contribution in [0, 0.1) is 0 Å². The molecule has 0 heterocycles. The van der Waals surface area contributed by atoms with Gasteiger partial charge in [0.1, 0.15) is 0 Å². The van der Waals surface area contributed by atoms with E-state index in [2.05, 4.69) is 38.5 Å². The lowest BCUT2D eigenvalue weighted by atomic mass is 10.2. The zero-order chi connectivity index (χ0) is 11.3. The molecule has 0 aromatic heterocycles. The van der Waals surface area contributed by atoms with Gasteiger partial charge >= 0.3 is 0 Å². The molecular weight excluding hydrogens is 390 g/mol. The Hall–Kier alpha value is 0.680. The van der Waals surface area contributed by atoms with Crippen molar-refractivity contribution in [3.05, 3.63) is 34.3 Å². The van der Waals surface area contributed by atoms with Crippen LogP contribution in [0.2, 0.25) is 0 Å². The molecule has 0 aliphatic heterocycles. The highest BCUT2D eigenvalue weighted by Gasteiger charge is 2.22. The lowest BCUT2D eigenvalue weighted by molar-refractivity contribution is -0.00641. The Balaban J connectivity index is 2.53. The van der Waals surface area contributed by atoms with E-state index in [4.69, 9.17) is 16.3 Å². The molecule has 0 amide bonds. The lowest BCUT2D eigenvalue weighted by Gasteiger charge is -2.25. The van der Waals surface area contributed by atoms with E-state index < -0.39 is 0 Å². The van der Waals surface area contributed by atoms with Crippen molar-refractivity contribution in [2.24, 2.45) is 0 Å². The maximum absolute atomic E-state index is 5.86. The number of hydrogen-bond donors (Lipinski definition) is 0. The van der Waals surface area contributed by atoms with Crippen LogP contribution in [-0.2, 0) is 11.3 Å². The normalized spacial score (nSPS) is 14.9. The standard InChI is InChI=1S/C11H13BrClIO/c1-11(7-13,8-14)15-6-9-2-4-10(12)5-3-9/h2-5H,6-8H2,1H3. The number of halogens is 3. The van der Waals surface area contributed by atoms with E-state index in [-0.39, 0.29) is 5.60 Å². The number of rotatable bonds is 5. The third-order valence-corrected chi connectivity index (χ3v) is 4.77. The summed E-state index contributed by atoms with van der Waals surface area (Å²) in [5, 5.41) is 0. The molecule has 1 unspecified atom stereocenters. The van der Waals surface area contributed by atoms with E-state index in [9.17, 15) is 0 Å². The van der Waals surface area contributed by atoms with Crippen LogP contribution < -0.4 is 0 Å². The summed E-state index contributed by atoms with van der Waals surface area (Å²) in [5.74, 6) is 0.520. The maximum atomic E-state index is 5.86. The van der Waals surface area contributed by atoms with Gasteiger partial charge < -0.3 is 4.74 Å². The van der Waals surface area contributed by atoms with Gasteiger partial charge in [-0.15, -0.1) is 11.6 Å². The molecule has 0 saturated carbocycles. The van der Waals surface area contributed by atoms with E-state index in [0.717, 1.165) is 8.90 Å². The summed E-state index contributed by atoms with van der Waals surface area (Å²) in [6, 6.07) is 8.12. The molecule has 0 fully saturated rings. The second-order valence-corrected chi connectivity index (χ2v) is 5.58. The average Bonchev–Trinajstić information content (AvgIpc) is 2.28. The Morgan fingerprint density at radius 1 is 1.40 bits per heavy atom. The van der Waals surface area contributed by atoms with E-state index in [1.54, 1.807) is 0 Å². The Labute approximate surface area is 118 Å². The first kappa shape index (κ1) is 13.7. The molecular formula is C11H13BrClIO. The minimum Gasteiger partial charge on any atom is -0.369 e. The largest absolute Gasteiger partial charge is 0.369 e. The van der Waals surface area contributed by atoms with Crippen LogP contribution >= 0.6 is 50.1 Å². The van der Waals surface area contributed by atoms with Gasteiger partial charge in [0, 0.05) is 8.90 Å². The van der Waals surface area contributed by atoms with Crippen LogP contribution in [0.4, 0.5) is 0 Å². The van der Waals surface area contributed by atoms with Gasteiger partial charge in [0.05, 0.1) is 18.1 Å². The summed E-state index contributed by atoms with van der Waals surface area (Å²) in [4.78, 5) is 0. The first-order valence-corrected chi connectivity index (χ1v) is 7.45. The summed E-state index contributed by atoms with van der Waals surface area (Å²) in [6.07, 6.45) is 0. The van der Waals surface area contributed by atoms with Gasteiger partial charge in [0.25, 0.3) is 0 Å². The third-order valence-electron chi connectivity index (χ3n) is 2.07. The van der Waals surface area contributed by atoms with Gasteiger partial charge in [0.2, 0.25) is 0 Å². The highest BCUT2D eigenvalue weighted by molar-refractivity contribution is 14.1. The molecule has 1 aromatic carbocycles. The van der Waals surface area contributed by atoms with Crippen molar-refractivity contribution in [2.45, 2.75) is 19.1 Å². The molecule has 1 aromatic rings. The van der Waals surface area contributed by atoms with Crippen molar-refractivity contribution >= 4 is 50.1 Å². The number of hydrogen-bond acceptors (Lipinski definition) is 1. The van der Waals surface area contributed by atoms with Gasteiger partial charge in [-0.05, 0) is 24.6 Å². The first-order valence-electron chi connectivity index (χ1n) is 4.60. The van der Waals surface area contributed by atoms with Gasteiger partial charge in [-0.3, -0.25) is 0 Å². The Morgan fingerprint density at radius 3 is 2.47 bits per heavy atom. The zero-order valence-electron chi connectivity index (χ0n) is 8.47. The third kappa shape index (κ3) is 4.59. The molecule has 1 nitrogen and oxygen atoms in total. The molecule has 84 valence electrons. The predicted molar refractivity (Wildman–Crippen MR) is 76.9 cm³/mol. The highest BCUT2D eigenvalue weighted by atomic mass is 127. The summed E-state index contributed by atoms with van der Waals surface area (Å²) in [5.41, 5.74) is 0.939. The second-order valence-electron chi connectivity index (χ2n) is 3.63. The lowest BCUT2D eigenvalue weighted by Crippen LogP contribution is -2.32. The Kier molecular flexibility index (Phi) is 5.89. The SMILES string of the molecule is CC(CCl)(CI)OCc1ccc(Br)cc1. The number of benzene rings is 1. The van der Waals surface area contributed by atoms with Crippen LogP contribution in [-0.4, -0.2) is 15.9 Å². The molecule has 1 atom stereocenters. The fraction of sp³-hybridized carbons (Fsp3) is 0.455. The summed E-state index contributed by atoms with van der Waals surface area (Å²) in [7, 11) is 0. The number of ether oxygens (including phenoxy) is 1. The molecule has 0 N–H and O–H groups in total. The zero-order valence-corrected chi connectivity index (χ0v) is 13.0. The molecule has 1 rings (SSSR count). The van der Waals surface area contributed by atoms with Crippen LogP contribution in [0.5, 0.6) is 0 Å². The molecule has 0 bridgehead atoms. The smallest absolute Gasteiger partial charge is 0.0882 e. The fourth-order valence-electron chi connectivity index (χ4n) is 0.951. The van der Waals surface area contributed by atoms with Gasteiger partial charge in [-0.1, -0.05) is 50.7 Å². The Morgan fingerprint density at radius 2 is 2.00 bits per heavy atom. The van der Waals surface area contributed by atoms with Crippen molar-refractivity contribution in [1.82, 2.24) is 0 Å². The quantitative estimate of drug-likeness (QED) is 0.523. The van der Waals surface area contributed by atoms with Crippen LogP contribution in [0.1, 0.15) is 12.5 Å². The highest BCUT2D eigenvalue weighted by Crippen LogP contribution is 2.19. The van der Waals surface area contributed by atoms with E-state index in [1.807, 2.05) is 31.2 Å². The average molecular weight is 403 g/mol. The fourth-order valence-corrected chi connectivity index (χ4v) is 2.20. The van der Waals surface area contributed by atoms with Crippen molar-refractivity contribution in [1.29, 1.82) is 0 Å². The van der Waals surface area contributed by atoms with Crippen LogP contribution in [0.3, 0.4) is 0 Å².